The maximum absolute atomic E-state index is 11.3. The topological polar surface area (TPSA) is 66.9 Å². The summed E-state index contributed by atoms with van der Waals surface area (Å²) >= 11 is 6.00. The van der Waals surface area contributed by atoms with Crippen molar-refractivity contribution in [2.75, 3.05) is 17.2 Å². The highest BCUT2D eigenvalue weighted by molar-refractivity contribution is 6.30. The van der Waals surface area contributed by atoms with Crippen LogP contribution in [-0.2, 0) is 6.42 Å². The Bertz CT molecular complexity index is 896. The Hall–Kier alpha value is -2.92. The Morgan fingerprint density at radius 1 is 1.12 bits per heavy atom. The fourth-order valence-electron chi connectivity index (χ4n) is 2.46. The average Bonchev–Trinajstić information content (AvgIpc) is 2.63. The van der Waals surface area contributed by atoms with Gasteiger partial charge in [0.2, 0.25) is 5.95 Å². The molecule has 2 aromatic carbocycles. The second-order valence-electron chi connectivity index (χ2n) is 5.83. The Morgan fingerprint density at radius 3 is 2.65 bits per heavy atom. The van der Waals surface area contributed by atoms with Gasteiger partial charge in [0.25, 0.3) is 0 Å². The van der Waals surface area contributed by atoms with E-state index in [1.54, 1.807) is 25.3 Å². The van der Waals surface area contributed by atoms with Crippen LogP contribution in [0.5, 0.6) is 0 Å². The molecule has 5 nitrogen and oxygen atoms in total. The second kappa shape index (κ2) is 8.45. The predicted molar refractivity (Wildman–Crippen MR) is 105 cm³/mol. The zero-order valence-corrected chi connectivity index (χ0v) is 15.1. The van der Waals surface area contributed by atoms with Gasteiger partial charge in [-0.1, -0.05) is 23.7 Å². The monoisotopic (exact) mass is 366 g/mol. The maximum atomic E-state index is 11.3. The molecule has 0 unspecified atom stereocenters. The van der Waals surface area contributed by atoms with Gasteiger partial charge in [0.05, 0.1) is 0 Å². The van der Waals surface area contributed by atoms with Crippen LogP contribution in [0.4, 0.5) is 17.5 Å². The molecule has 0 aliphatic heterocycles. The molecule has 0 atom stereocenters. The van der Waals surface area contributed by atoms with Gasteiger partial charge in [0.15, 0.2) is 5.78 Å². The quantitative estimate of drug-likeness (QED) is 0.591. The number of carbonyl (C=O) groups is 1. The minimum absolute atomic E-state index is 0.0405. The molecular formula is C20H19ClN4O. The van der Waals surface area contributed by atoms with Crippen molar-refractivity contribution >= 4 is 34.8 Å². The van der Waals surface area contributed by atoms with Crippen molar-refractivity contribution in [1.82, 2.24) is 9.97 Å². The van der Waals surface area contributed by atoms with E-state index in [2.05, 4.69) is 20.6 Å². The van der Waals surface area contributed by atoms with Gasteiger partial charge in [-0.25, -0.2) is 4.98 Å². The highest BCUT2D eigenvalue weighted by atomic mass is 35.5. The summed E-state index contributed by atoms with van der Waals surface area (Å²) in [6.45, 7) is 2.29. The first-order chi connectivity index (χ1) is 12.6. The zero-order chi connectivity index (χ0) is 18.4. The van der Waals surface area contributed by atoms with E-state index in [9.17, 15) is 4.79 Å². The lowest BCUT2D eigenvalue weighted by atomic mass is 10.1. The number of nitrogens with one attached hydrogen (secondary N) is 2. The van der Waals surface area contributed by atoms with Crippen LogP contribution < -0.4 is 10.6 Å². The number of hydrogen-bond acceptors (Lipinski definition) is 5. The molecule has 6 heteroatoms. The number of halogens is 1. The van der Waals surface area contributed by atoms with Crippen LogP contribution in [-0.4, -0.2) is 22.3 Å². The summed E-state index contributed by atoms with van der Waals surface area (Å²) in [6, 6.07) is 16.9. The SMILES string of the molecule is CC(=O)c1ccc(Nc2nccc(NCCc3cccc(Cl)c3)n2)cc1. The van der Waals surface area contributed by atoms with Crippen LogP contribution in [0.2, 0.25) is 5.02 Å². The van der Waals surface area contributed by atoms with E-state index in [4.69, 9.17) is 11.6 Å². The van der Waals surface area contributed by atoms with Crippen molar-refractivity contribution in [2.24, 2.45) is 0 Å². The predicted octanol–water partition coefficient (Wildman–Crippen LogP) is 4.73. The van der Waals surface area contributed by atoms with Crippen LogP contribution in [0.15, 0.2) is 60.8 Å². The summed E-state index contributed by atoms with van der Waals surface area (Å²) in [5.74, 6) is 1.27. The average molecular weight is 367 g/mol. The standard InChI is InChI=1S/C20H19ClN4O/c1-14(26)16-5-7-18(8-6-16)24-20-23-12-10-19(25-20)22-11-9-15-3-2-4-17(21)13-15/h2-8,10,12-13H,9,11H2,1H3,(H2,22,23,24,25). The molecule has 132 valence electrons. The number of Topliss-reactive ketones (excluding diaryl/α,β-unsaturated/α-hetero) is 1. The fraction of sp³-hybridized carbons (Fsp3) is 0.150. The van der Waals surface area contributed by atoms with Gasteiger partial charge < -0.3 is 10.6 Å². The Labute approximate surface area is 157 Å². The molecule has 0 saturated heterocycles. The molecule has 1 heterocycles. The first kappa shape index (κ1) is 17.9. The van der Waals surface area contributed by atoms with Gasteiger partial charge >= 0.3 is 0 Å². The van der Waals surface area contributed by atoms with Gasteiger partial charge in [-0.3, -0.25) is 4.79 Å². The van der Waals surface area contributed by atoms with Crippen LogP contribution >= 0.6 is 11.6 Å². The van der Waals surface area contributed by atoms with Gasteiger partial charge in [-0.2, -0.15) is 4.98 Å². The van der Waals surface area contributed by atoms with Gasteiger partial charge in [-0.05, 0) is 61.4 Å². The third-order valence-electron chi connectivity index (χ3n) is 3.81. The largest absolute Gasteiger partial charge is 0.370 e. The minimum Gasteiger partial charge on any atom is -0.370 e. The summed E-state index contributed by atoms with van der Waals surface area (Å²) in [7, 11) is 0. The summed E-state index contributed by atoms with van der Waals surface area (Å²) in [5, 5.41) is 7.16. The van der Waals surface area contributed by atoms with Crippen LogP contribution in [0.1, 0.15) is 22.8 Å². The number of anilines is 3. The molecule has 3 rings (SSSR count). The number of benzene rings is 2. The molecule has 0 amide bonds. The maximum Gasteiger partial charge on any atom is 0.229 e. The summed E-state index contributed by atoms with van der Waals surface area (Å²) in [4.78, 5) is 20.0. The first-order valence-electron chi connectivity index (χ1n) is 8.29. The highest BCUT2D eigenvalue weighted by Gasteiger charge is 2.03. The van der Waals surface area contributed by atoms with Gasteiger partial charge in [0.1, 0.15) is 5.82 Å². The normalized spacial score (nSPS) is 10.4. The smallest absolute Gasteiger partial charge is 0.229 e. The molecule has 0 saturated carbocycles. The lowest BCUT2D eigenvalue weighted by molar-refractivity contribution is 0.101. The van der Waals surface area contributed by atoms with Gasteiger partial charge in [-0.15, -0.1) is 0 Å². The van der Waals surface area contributed by atoms with E-state index >= 15 is 0 Å². The molecule has 3 aromatic rings. The number of carbonyl (C=O) groups excluding carboxylic acids is 1. The first-order valence-corrected chi connectivity index (χ1v) is 8.67. The van der Waals surface area contributed by atoms with Crippen molar-refractivity contribution in [3.63, 3.8) is 0 Å². The van der Waals surface area contributed by atoms with E-state index in [-0.39, 0.29) is 5.78 Å². The molecular weight excluding hydrogens is 348 g/mol. The highest BCUT2D eigenvalue weighted by Crippen LogP contribution is 2.16. The van der Waals surface area contributed by atoms with E-state index in [1.165, 1.54) is 5.56 Å². The van der Waals surface area contributed by atoms with Crippen LogP contribution in [0.25, 0.3) is 0 Å². The fourth-order valence-corrected chi connectivity index (χ4v) is 2.68. The third kappa shape index (κ3) is 5.04. The Balaban J connectivity index is 1.58. The summed E-state index contributed by atoms with van der Waals surface area (Å²) < 4.78 is 0. The molecule has 0 aliphatic carbocycles. The van der Waals surface area contributed by atoms with Crippen molar-refractivity contribution in [3.05, 3.63) is 76.9 Å². The van der Waals surface area contributed by atoms with E-state index < -0.39 is 0 Å². The second-order valence-corrected chi connectivity index (χ2v) is 6.27. The number of hydrogen-bond donors (Lipinski definition) is 2. The van der Waals surface area contributed by atoms with Crippen molar-refractivity contribution < 1.29 is 4.79 Å². The van der Waals surface area contributed by atoms with E-state index in [0.29, 0.717) is 11.5 Å². The number of aromatic nitrogens is 2. The number of rotatable bonds is 7. The van der Waals surface area contributed by atoms with E-state index in [1.807, 2.05) is 42.5 Å². The molecule has 0 aliphatic rings. The molecule has 0 fully saturated rings. The van der Waals surface area contributed by atoms with Crippen molar-refractivity contribution in [1.29, 1.82) is 0 Å². The molecule has 1 aromatic heterocycles. The minimum atomic E-state index is 0.0405. The van der Waals surface area contributed by atoms with Crippen molar-refractivity contribution in [2.45, 2.75) is 13.3 Å². The zero-order valence-electron chi connectivity index (χ0n) is 14.4. The number of nitrogens with zero attached hydrogens (tertiary/aromatic N) is 2. The van der Waals surface area contributed by atoms with E-state index in [0.717, 1.165) is 29.5 Å². The summed E-state index contributed by atoms with van der Waals surface area (Å²) in [6.07, 6.45) is 2.54. The molecule has 2 N–H and O–H groups in total. The molecule has 0 spiro atoms. The van der Waals surface area contributed by atoms with Crippen molar-refractivity contribution in [3.8, 4) is 0 Å². The van der Waals surface area contributed by atoms with Crippen LogP contribution in [0.3, 0.4) is 0 Å². The van der Waals surface area contributed by atoms with Gasteiger partial charge in [0, 0.05) is 29.0 Å². The lowest BCUT2D eigenvalue weighted by Crippen LogP contribution is -2.07. The van der Waals surface area contributed by atoms with Crippen LogP contribution in [0, 0.1) is 0 Å². The Kier molecular flexibility index (Phi) is 5.81. The number of ketones is 1. The lowest BCUT2D eigenvalue weighted by Gasteiger charge is -2.09. The molecule has 0 bridgehead atoms. The summed E-state index contributed by atoms with van der Waals surface area (Å²) in [5.41, 5.74) is 2.67. The third-order valence-corrected chi connectivity index (χ3v) is 4.05. The molecule has 26 heavy (non-hydrogen) atoms. The Morgan fingerprint density at radius 2 is 1.92 bits per heavy atom. The molecule has 0 radical (unpaired) electrons.